The lowest BCUT2D eigenvalue weighted by Crippen LogP contribution is -1.99. The normalized spacial score (nSPS) is 9.77. The minimum Gasteiger partial charge on any atom is -0.461 e. The predicted molar refractivity (Wildman–Crippen MR) is 55.1 cm³/mol. The molecule has 1 heterocycles. The molecule has 0 radical (unpaired) electrons. The van der Waals surface area contributed by atoms with Gasteiger partial charge in [-0.1, -0.05) is 0 Å². The summed E-state index contributed by atoms with van der Waals surface area (Å²) in [7, 11) is 0. The summed E-state index contributed by atoms with van der Waals surface area (Å²) in [5.41, 5.74) is 0.886. The maximum absolute atomic E-state index is 10.5. The van der Waals surface area contributed by atoms with E-state index in [4.69, 9.17) is 4.74 Å². The van der Waals surface area contributed by atoms with Gasteiger partial charge < -0.3 is 4.74 Å². The van der Waals surface area contributed by atoms with Crippen molar-refractivity contribution in [3.8, 4) is 0 Å². The Hall–Kier alpha value is -0.420. The second-order valence-corrected chi connectivity index (χ2v) is 4.05. The molecule has 70 valence electrons. The molecule has 0 aliphatic rings. The fourth-order valence-electron chi connectivity index (χ4n) is 0.741. The molecule has 1 aromatic rings. The summed E-state index contributed by atoms with van der Waals surface area (Å²) in [5.74, 6) is -0.292. The van der Waals surface area contributed by atoms with Crippen molar-refractivity contribution in [2.45, 2.75) is 13.5 Å². The first-order valence-corrected chi connectivity index (χ1v) is 5.11. The summed E-state index contributed by atoms with van der Waals surface area (Å²) in [6.45, 7) is 1.64. The summed E-state index contributed by atoms with van der Waals surface area (Å²) >= 11 is 6.54. The molecule has 0 unspecified atom stereocenters. The van der Waals surface area contributed by atoms with Gasteiger partial charge in [0.25, 0.3) is 0 Å². The lowest BCUT2D eigenvalue weighted by molar-refractivity contribution is -0.142. The number of carbonyl (C=O) groups is 1. The molecule has 3 nitrogen and oxygen atoms in total. The third kappa shape index (κ3) is 3.44. The largest absolute Gasteiger partial charge is 0.461 e. The van der Waals surface area contributed by atoms with E-state index in [9.17, 15) is 4.79 Å². The number of hydrogen-bond acceptors (Lipinski definition) is 3. The van der Waals surface area contributed by atoms with E-state index in [-0.39, 0.29) is 12.6 Å². The lowest BCUT2D eigenvalue weighted by Gasteiger charge is -2.04. The third-order valence-corrected chi connectivity index (χ3v) is 2.48. The Bertz CT molecular complexity index is 328. The van der Waals surface area contributed by atoms with Gasteiger partial charge in [-0.3, -0.25) is 4.79 Å². The molecule has 0 aromatic carbocycles. The molecule has 0 fully saturated rings. The smallest absolute Gasteiger partial charge is 0.302 e. The van der Waals surface area contributed by atoms with Gasteiger partial charge in [-0.25, -0.2) is 4.98 Å². The van der Waals surface area contributed by atoms with Crippen molar-refractivity contribution in [1.82, 2.24) is 4.98 Å². The summed E-state index contributed by atoms with van der Waals surface area (Å²) in [6, 6.07) is 1.80. The Morgan fingerprint density at radius 3 is 2.92 bits per heavy atom. The molecule has 0 atom stereocenters. The highest BCUT2D eigenvalue weighted by Gasteiger charge is 2.03. The van der Waals surface area contributed by atoms with Crippen LogP contribution < -0.4 is 0 Å². The van der Waals surface area contributed by atoms with Crippen LogP contribution in [0.1, 0.15) is 12.5 Å². The Morgan fingerprint density at radius 1 is 1.62 bits per heavy atom. The van der Waals surface area contributed by atoms with Crippen LogP contribution in [0.15, 0.2) is 21.3 Å². The summed E-state index contributed by atoms with van der Waals surface area (Å²) in [6.07, 6.45) is 1.66. The Morgan fingerprint density at radius 2 is 2.31 bits per heavy atom. The Balaban J connectivity index is 2.75. The van der Waals surface area contributed by atoms with Crippen molar-refractivity contribution in [2.24, 2.45) is 0 Å². The molecule has 0 spiro atoms. The van der Waals surface area contributed by atoms with Crippen molar-refractivity contribution < 1.29 is 9.53 Å². The van der Waals surface area contributed by atoms with Crippen molar-refractivity contribution in [2.75, 3.05) is 0 Å². The van der Waals surface area contributed by atoms with E-state index in [1.54, 1.807) is 12.3 Å². The number of hydrogen-bond donors (Lipinski definition) is 0. The van der Waals surface area contributed by atoms with Gasteiger partial charge in [-0.15, -0.1) is 0 Å². The van der Waals surface area contributed by atoms with Crippen molar-refractivity contribution in [3.05, 3.63) is 26.9 Å². The lowest BCUT2D eigenvalue weighted by atomic mass is 10.3. The predicted octanol–water partition coefficient (Wildman–Crippen LogP) is 2.67. The topological polar surface area (TPSA) is 39.2 Å². The molecule has 13 heavy (non-hydrogen) atoms. The van der Waals surface area contributed by atoms with E-state index >= 15 is 0 Å². The van der Waals surface area contributed by atoms with E-state index in [0.29, 0.717) is 0 Å². The van der Waals surface area contributed by atoms with Gasteiger partial charge in [0.15, 0.2) is 0 Å². The number of esters is 1. The molecule has 1 aromatic heterocycles. The van der Waals surface area contributed by atoms with E-state index in [1.165, 1.54) is 6.92 Å². The van der Waals surface area contributed by atoms with Crippen LogP contribution in [0.2, 0.25) is 0 Å². The minimum absolute atomic E-state index is 0.261. The maximum atomic E-state index is 10.5. The van der Waals surface area contributed by atoms with Crippen molar-refractivity contribution >= 4 is 37.8 Å². The van der Waals surface area contributed by atoms with Crippen LogP contribution in [0.4, 0.5) is 0 Å². The zero-order chi connectivity index (χ0) is 9.84. The fraction of sp³-hybridized carbons (Fsp3) is 0.250. The van der Waals surface area contributed by atoms with Gasteiger partial charge in [-0.2, -0.15) is 0 Å². The zero-order valence-corrected chi connectivity index (χ0v) is 10.1. The molecule has 0 bridgehead atoms. The maximum Gasteiger partial charge on any atom is 0.302 e. The van der Waals surface area contributed by atoms with Crippen LogP contribution in [0.25, 0.3) is 0 Å². The highest BCUT2D eigenvalue weighted by molar-refractivity contribution is 9.11. The van der Waals surface area contributed by atoms with Crippen LogP contribution in [-0.4, -0.2) is 11.0 Å². The highest BCUT2D eigenvalue weighted by atomic mass is 79.9. The zero-order valence-electron chi connectivity index (χ0n) is 6.88. The Kier molecular flexibility index (Phi) is 3.87. The van der Waals surface area contributed by atoms with Gasteiger partial charge in [-0.05, 0) is 37.9 Å². The number of pyridine rings is 1. The second-order valence-electron chi connectivity index (χ2n) is 2.38. The van der Waals surface area contributed by atoms with Gasteiger partial charge >= 0.3 is 5.97 Å². The Labute approximate surface area is 92.8 Å². The van der Waals surface area contributed by atoms with Gasteiger partial charge in [0.05, 0.1) is 0 Å². The van der Waals surface area contributed by atoms with Crippen LogP contribution in [0.5, 0.6) is 0 Å². The molecule has 1 rings (SSSR count). The number of halogens is 2. The SMILES string of the molecule is CC(=O)OCc1cc(Br)ncc1Br. The first kappa shape index (κ1) is 10.7. The third-order valence-electron chi connectivity index (χ3n) is 1.33. The van der Waals surface area contributed by atoms with Crippen LogP contribution >= 0.6 is 31.9 Å². The second kappa shape index (κ2) is 4.72. The average Bonchev–Trinajstić information content (AvgIpc) is 2.06. The van der Waals surface area contributed by atoms with Crippen LogP contribution in [0, 0.1) is 0 Å². The number of nitrogens with zero attached hydrogens (tertiary/aromatic N) is 1. The standard InChI is InChI=1S/C8H7Br2NO2/c1-5(12)13-4-6-2-8(10)11-3-7(6)9/h2-3H,4H2,1H3. The molecule has 0 aliphatic heterocycles. The van der Waals surface area contributed by atoms with Crippen LogP contribution in [0.3, 0.4) is 0 Å². The van der Waals surface area contributed by atoms with E-state index < -0.39 is 0 Å². The fourth-order valence-corrected chi connectivity index (χ4v) is 1.45. The number of rotatable bonds is 2. The minimum atomic E-state index is -0.292. The first-order valence-electron chi connectivity index (χ1n) is 3.53. The average molecular weight is 309 g/mol. The van der Waals surface area contributed by atoms with E-state index in [2.05, 4.69) is 36.8 Å². The number of ether oxygens (including phenoxy) is 1. The van der Waals surface area contributed by atoms with Crippen molar-refractivity contribution in [3.63, 3.8) is 0 Å². The quantitative estimate of drug-likeness (QED) is 0.623. The molecule has 0 amide bonds. The molecular formula is C8H7Br2NO2. The van der Waals surface area contributed by atoms with Crippen LogP contribution in [-0.2, 0) is 16.1 Å². The van der Waals surface area contributed by atoms with Gasteiger partial charge in [0, 0.05) is 23.2 Å². The monoisotopic (exact) mass is 307 g/mol. The molecule has 0 saturated carbocycles. The van der Waals surface area contributed by atoms with Gasteiger partial charge in [0.2, 0.25) is 0 Å². The first-order chi connectivity index (χ1) is 6.09. The molecule has 0 N–H and O–H groups in total. The summed E-state index contributed by atoms with van der Waals surface area (Å²) < 4.78 is 6.40. The van der Waals surface area contributed by atoms with Gasteiger partial charge in [0.1, 0.15) is 11.2 Å². The summed E-state index contributed by atoms with van der Waals surface area (Å²) in [4.78, 5) is 14.5. The highest BCUT2D eigenvalue weighted by Crippen LogP contribution is 2.19. The van der Waals surface area contributed by atoms with Crippen molar-refractivity contribution in [1.29, 1.82) is 0 Å². The number of aromatic nitrogens is 1. The van der Waals surface area contributed by atoms with E-state index in [0.717, 1.165) is 14.6 Å². The molecule has 5 heteroatoms. The number of carbonyl (C=O) groups excluding carboxylic acids is 1. The summed E-state index contributed by atoms with van der Waals surface area (Å²) in [5, 5.41) is 0. The molecule has 0 saturated heterocycles. The molecule has 0 aliphatic carbocycles. The van der Waals surface area contributed by atoms with E-state index in [1.807, 2.05) is 0 Å². The molecular weight excluding hydrogens is 302 g/mol.